The van der Waals surface area contributed by atoms with Crippen LogP contribution in [0.3, 0.4) is 0 Å². The van der Waals surface area contributed by atoms with Crippen molar-refractivity contribution in [3.05, 3.63) is 33.8 Å². The first-order valence-electron chi connectivity index (χ1n) is 6.87. The Hall–Kier alpha value is -0.630. The van der Waals surface area contributed by atoms with Gasteiger partial charge in [-0.1, -0.05) is 67.1 Å². The third-order valence-corrected chi connectivity index (χ3v) is 4.13. The molecule has 0 radical (unpaired) electrons. The summed E-state index contributed by atoms with van der Waals surface area (Å²) in [5.74, 6) is 0.804. The number of halogens is 1. The van der Waals surface area contributed by atoms with Crippen LogP contribution in [0.4, 0.5) is 0 Å². The SMILES string of the molecule is CCCCC(CC)CC(=O)c1cc(C)ccc1Br. The second-order valence-corrected chi connectivity index (χ2v) is 5.88. The Labute approximate surface area is 119 Å². The van der Waals surface area contributed by atoms with Gasteiger partial charge in [-0.05, 0) is 25.0 Å². The predicted molar refractivity (Wildman–Crippen MR) is 81.1 cm³/mol. The highest BCUT2D eigenvalue weighted by atomic mass is 79.9. The molecule has 0 aliphatic carbocycles. The summed E-state index contributed by atoms with van der Waals surface area (Å²) in [7, 11) is 0. The van der Waals surface area contributed by atoms with Crippen LogP contribution in [0.5, 0.6) is 0 Å². The molecule has 0 fully saturated rings. The van der Waals surface area contributed by atoms with Gasteiger partial charge in [0.25, 0.3) is 0 Å². The van der Waals surface area contributed by atoms with Gasteiger partial charge in [0.2, 0.25) is 0 Å². The van der Waals surface area contributed by atoms with Crippen molar-refractivity contribution in [2.24, 2.45) is 5.92 Å². The van der Waals surface area contributed by atoms with Crippen LogP contribution in [0.1, 0.15) is 61.9 Å². The zero-order valence-electron chi connectivity index (χ0n) is 11.6. The van der Waals surface area contributed by atoms with Gasteiger partial charge in [-0.25, -0.2) is 0 Å². The van der Waals surface area contributed by atoms with Gasteiger partial charge in [-0.2, -0.15) is 0 Å². The number of rotatable bonds is 7. The Morgan fingerprint density at radius 3 is 2.67 bits per heavy atom. The van der Waals surface area contributed by atoms with Crippen LogP contribution < -0.4 is 0 Å². The van der Waals surface area contributed by atoms with Gasteiger partial charge in [0, 0.05) is 16.5 Å². The topological polar surface area (TPSA) is 17.1 Å². The molecule has 0 heterocycles. The summed E-state index contributed by atoms with van der Waals surface area (Å²) in [6.07, 6.45) is 5.37. The van der Waals surface area contributed by atoms with Crippen LogP contribution in [0.15, 0.2) is 22.7 Å². The van der Waals surface area contributed by atoms with Crippen molar-refractivity contribution >= 4 is 21.7 Å². The Kier molecular flexibility index (Phi) is 6.62. The van der Waals surface area contributed by atoms with E-state index in [2.05, 4.69) is 29.8 Å². The van der Waals surface area contributed by atoms with Crippen LogP contribution in [-0.2, 0) is 0 Å². The number of hydrogen-bond donors (Lipinski definition) is 0. The lowest BCUT2D eigenvalue weighted by molar-refractivity contribution is 0.0956. The lowest BCUT2D eigenvalue weighted by Crippen LogP contribution is -2.09. The van der Waals surface area contributed by atoms with Gasteiger partial charge >= 0.3 is 0 Å². The van der Waals surface area contributed by atoms with E-state index in [4.69, 9.17) is 0 Å². The van der Waals surface area contributed by atoms with Crippen molar-refractivity contribution in [1.29, 1.82) is 0 Å². The predicted octanol–water partition coefficient (Wildman–Crippen LogP) is 5.55. The molecule has 0 aliphatic heterocycles. The molecule has 0 N–H and O–H groups in total. The molecule has 0 amide bonds. The fourth-order valence-electron chi connectivity index (χ4n) is 2.17. The van der Waals surface area contributed by atoms with E-state index in [-0.39, 0.29) is 5.78 Å². The minimum atomic E-state index is 0.272. The molecule has 1 aromatic carbocycles. The van der Waals surface area contributed by atoms with E-state index in [1.54, 1.807) is 0 Å². The van der Waals surface area contributed by atoms with Crippen molar-refractivity contribution < 1.29 is 4.79 Å². The summed E-state index contributed by atoms with van der Waals surface area (Å²) in [4.78, 5) is 12.3. The highest BCUT2D eigenvalue weighted by Gasteiger charge is 2.15. The number of unbranched alkanes of at least 4 members (excludes halogenated alkanes) is 1. The second kappa shape index (κ2) is 7.73. The van der Waals surface area contributed by atoms with Crippen molar-refractivity contribution in [2.45, 2.75) is 52.9 Å². The largest absolute Gasteiger partial charge is 0.294 e. The van der Waals surface area contributed by atoms with Gasteiger partial charge in [0.05, 0.1) is 0 Å². The molecular formula is C16H23BrO. The molecule has 0 bridgehead atoms. The highest BCUT2D eigenvalue weighted by Crippen LogP contribution is 2.24. The van der Waals surface area contributed by atoms with Gasteiger partial charge in [-0.3, -0.25) is 4.79 Å². The number of carbonyl (C=O) groups is 1. The normalized spacial score (nSPS) is 12.4. The fourth-order valence-corrected chi connectivity index (χ4v) is 2.64. The van der Waals surface area contributed by atoms with Crippen LogP contribution in [0.25, 0.3) is 0 Å². The zero-order valence-corrected chi connectivity index (χ0v) is 13.2. The summed E-state index contributed by atoms with van der Waals surface area (Å²) in [6.45, 7) is 6.40. The summed E-state index contributed by atoms with van der Waals surface area (Å²) in [5, 5.41) is 0. The fraction of sp³-hybridized carbons (Fsp3) is 0.562. The molecule has 1 atom stereocenters. The maximum absolute atomic E-state index is 12.3. The highest BCUT2D eigenvalue weighted by molar-refractivity contribution is 9.10. The van der Waals surface area contributed by atoms with Gasteiger partial charge in [0.15, 0.2) is 5.78 Å². The zero-order chi connectivity index (χ0) is 13.5. The van der Waals surface area contributed by atoms with Gasteiger partial charge in [0.1, 0.15) is 0 Å². The smallest absolute Gasteiger partial charge is 0.164 e. The Morgan fingerprint density at radius 2 is 2.06 bits per heavy atom. The third kappa shape index (κ3) is 4.56. The maximum atomic E-state index is 12.3. The second-order valence-electron chi connectivity index (χ2n) is 5.03. The minimum Gasteiger partial charge on any atom is -0.294 e. The Bertz CT molecular complexity index is 398. The first-order chi connectivity index (χ1) is 8.58. The van der Waals surface area contributed by atoms with Crippen LogP contribution in [-0.4, -0.2) is 5.78 Å². The van der Waals surface area contributed by atoms with E-state index < -0.39 is 0 Å². The van der Waals surface area contributed by atoms with E-state index in [1.165, 1.54) is 19.3 Å². The number of Topliss-reactive ketones (excluding diaryl/α,β-unsaturated/α-hetero) is 1. The van der Waals surface area contributed by atoms with E-state index in [9.17, 15) is 4.79 Å². The average Bonchev–Trinajstić information content (AvgIpc) is 2.37. The van der Waals surface area contributed by atoms with Crippen LogP contribution >= 0.6 is 15.9 Å². The summed E-state index contributed by atoms with van der Waals surface area (Å²) in [5.41, 5.74) is 1.98. The lowest BCUT2D eigenvalue weighted by atomic mass is 9.91. The van der Waals surface area contributed by atoms with Crippen molar-refractivity contribution in [3.63, 3.8) is 0 Å². The number of carbonyl (C=O) groups excluding carboxylic acids is 1. The van der Waals surface area contributed by atoms with Crippen LogP contribution in [0, 0.1) is 12.8 Å². The molecule has 100 valence electrons. The molecule has 1 unspecified atom stereocenters. The maximum Gasteiger partial charge on any atom is 0.164 e. The summed E-state index contributed by atoms with van der Waals surface area (Å²) >= 11 is 3.47. The average molecular weight is 311 g/mol. The monoisotopic (exact) mass is 310 g/mol. The van der Waals surface area contributed by atoms with Gasteiger partial charge < -0.3 is 0 Å². The number of hydrogen-bond acceptors (Lipinski definition) is 1. The quantitative estimate of drug-likeness (QED) is 0.604. The molecule has 1 rings (SSSR count). The molecule has 0 aliphatic rings. The molecule has 0 saturated heterocycles. The van der Waals surface area contributed by atoms with Gasteiger partial charge in [-0.15, -0.1) is 0 Å². The van der Waals surface area contributed by atoms with Crippen molar-refractivity contribution in [3.8, 4) is 0 Å². The minimum absolute atomic E-state index is 0.272. The van der Waals surface area contributed by atoms with Crippen molar-refractivity contribution in [2.75, 3.05) is 0 Å². The van der Waals surface area contributed by atoms with E-state index in [0.717, 1.165) is 22.0 Å². The standard InChI is InChI=1S/C16H23BrO/c1-4-6-7-13(5-2)11-16(18)14-10-12(3)8-9-15(14)17/h8-10,13H,4-7,11H2,1-3H3. The van der Waals surface area contributed by atoms with E-state index in [0.29, 0.717) is 12.3 Å². The van der Waals surface area contributed by atoms with Crippen molar-refractivity contribution in [1.82, 2.24) is 0 Å². The van der Waals surface area contributed by atoms with E-state index in [1.807, 2.05) is 25.1 Å². The summed E-state index contributed by atoms with van der Waals surface area (Å²) < 4.78 is 0.920. The Balaban J connectivity index is 2.71. The molecule has 1 aromatic rings. The third-order valence-electron chi connectivity index (χ3n) is 3.44. The van der Waals surface area contributed by atoms with E-state index >= 15 is 0 Å². The van der Waals surface area contributed by atoms with Crippen LogP contribution in [0.2, 0.25) is 0 Å². The number of ketones is 1. The molecule has 0 spiro atoms. The first kappa shape index (κ1) is 15.4. The Morgan fingerprint density at radius 1 is 1.33 bits per heavy atom. The molecule has 0 saturated carbocycles. The molecular weight excluding hydrogens is 288 g/mol. The molecule has 2 heteroatoms. The number of aryl methyl sites for hydroxylation is 1. The number of benzene rings is 1. The summed E-state index contributed by atoms with van der Waals surface area (Å²) in [6, 6.07) is 5.98. The first-order valence-corrected chi connectivity index (χ1v) is 7.67. The lowest BCUT2D eigenvalue weighted by Gasteiger charge is -2.14. The molecule has 0 aromatic heterocycles. The molecule has 18 heavy (non-hydrogen) atoms. The molecule has 1 nitrogen and oxygen atoms in total.